The highest BCUT2D eigenvalue weighted by molar-refractivity contribution is 7.76. The minimum absolute atomic E-state index is 0.106. The van der Waals surface area contributed by atoms with Crippen LogP contribution in [0.5, 0.6) is 0 Å². The third-order valence-corrected chi connectivity index (χ3v) is 5.10. The number of pyridine rings is 1. The van der Waals surface area contributed by atoms with Crippen molar-refractivity contribution in [3.63, 3.8) is 0 Å². The zero-order valence-electron chi connectivity index (χ0n) is 14.2. The number of hydrogen-bond acceptors (Lipinski definition) is 6. The van der Waals surface area contributed by atoms with Crippen molar-refractivity contribution in [3.8, 4) is 0 Å². The normalized spacial score (nSPS) is 20.9. The summed E-state index contributed by atoms with van der Waals surface area (Å²) in [6.07, 6.45) is 1.67. The predicted molar refractivity (Wildman–Crippen MR) is 93.6 cm³/mol. The van der Waals surface area contributed by atoms with Gasteiger partial charge in [0, 0.05) is 24.1 Å². The average Bonchev–Trinajstić information content (AvgIpc) is 3.15. The molecule has 0 bridgehead atoms. The number of hydrogen-bond donors (Lipinski definition) is 0. The first-order valence-corrected chi connectivity index (χ1v) is 9.19. The smallest absolute Gasteiger partial charge is 0.339 e. The van der Waals surface area contributed by atoms with Crippen molar-refractivity contribution in [2.24, 2.45) is 0 Å². The third-order valence-electron chi connectivity index (χ3n) is 4.31. The van der Waals surface area contributed by atoms with Crippen LogP contribution in [0, 0.1) is 0 Å². The van der Waals surface area contributed by atoms with E-state index in [0.29, 0.717) is 24.3 Å². The van der Waals surface area contributed by atoms with Crippen LogP contribution in [0.3, 0.4) is 0 Å². The molecule has 8 heteroatoms. The van der Waals surface area contributed by atoms with Gasteiger partial charge in [-0.15, -0.1) is 0 Å². The van der Waals surface area contributed by atoms with Crippen molar-refractivity contribution in [3.05, 3.63) is 65.5 Å². The van der Waals surface area contributed by atoms with Crippen molar-refractivity contribution in [1.82, 2.24) is 9.29 Å². The Morgan fingerprint density at radius 2 is 2.12 bits per heavy atom. The lowest BCUT2D eigenvalue weighted by Gasteiger charge is -2.33. The molecule has 138 valence electrons. The fourth-order valence-electron chi connectivity index (χ4n) is 3.03. The predicted octanol–water partition coefficient (Wildman–Crippen LogP) is 1.99. The van der Waals surface area contributed by atoms with Crippen LogP contribution in [0.15, 0.2) is 48.7 Å². The minimum atomic E-state index is -2.43. The Bertz CT molecular complexity index is 769. The Balaban J connectivity index is 1.79. The van der Waals surface area contributed by atoms with E-state index >= 15 is 0 Å². The van der Waals surface area contributed by atoms with Gasteiger partial charge in [0.25, 0.3) is 0 Å². The zero-order valence-corrected chi connectivity index (χ0v) is 15.1. The first-order chi connectivity index (χ1) is 12.6. The molecule has 3 unspecified atom stereocenters. The van der Waals surface area contributed by atoms with E-state index in [2.05, 4.69) is 9.72 Å². The minimum Gasteiger partial charge on any atom is -0.760 e. The van der Waals surface area contributed by atoms with Gasteiger partial charge in [-0.1, -0.05) is 30.3 Å². The molecule has 0 saturated carbocycles. The summed E-state index contributed by atoms with van der Waals surface area (Å²) in [7, 11) is 1.29. The number of rotatable bonds is 6. The van der Waals surface area contributed by atoms with E-state index in [1.165, 1.54) is 17.6 Å². The maximum atomic E-state index is 11.9. The lowest BCUT2D eigenvalue weighted by atomic mass is 10.0. The van der Waals surface area contributed by atoms with Crippen molar-refractivity contribution in [2.75, 3.05) is 13.7 Å². The van der Waals surface area contributed by atoms with Crippen molar-refractivity contribution >= 4 is 17.2 Å². The van der Waals surface area contributed by atoms with Gasteiger partial charge in [-0.2, -0.15) is 0 Å². The van der Waals surface area contributed by atoms with E-state index in [1.54, 1.807) is 12.1 Å². The summed E-state index contributed by atoms with van der Waals surface area (Å²) >= 11 is -2.43. The van der Waals surface area contributed by atoms with Crippen LogP contribution in [0.1, 0.15) is 34.1 Å². The van der Waals surface area contributed by atoms with E-state index in [1.807, 2.05) is 30.3 Å². The molecule has 0 aliphatic carbocycles. The van der Waals surface area contributed by atoms with E-state index in [-0.39, 0.29) is 18.7 Å². The molecule has 2 heterocycles. The fraction of sp³-hybridized carbons (Fsp3) is 0.333. The van der Waals surface area contributed by atoms with Gasteiger partial charge in [0.15, 0.2) is 0 Å². The van der Waals surface area contributed by atoms with Crippen LogP contribution in [-0.2, 0) is 27.3 Å². The van der Waals surface area contributed by atoms with Gasteiger partial charge in [-0.3, -0.25) is 9.19 Å². The molecule has 1 saturated heterocycles. The molecule has 1 aromatic heterocycles. The molecule has 2 aromatic rings. The lowest BCUT2D eigenvalue weighted by Crippen LogP contribution is -2.38. The van der Waals surface area contributed by atoms with Gasteiger partial charge < -0.3 is 14.0 Å². The summed E-state index contributed by atoms with van der Waals surface area (Å²) in [5.41, 5.74) is 1.80. The Morgan fingerprint density at radius 3 is 2.73 bits per heavy atom. The summed E-state index contributed by atoms with van der Waals surface area (Å²) in [6, 6.07) is 12.5. The Kier molecular flexibility index (Phi) is 6.10. The first-order valence-electron chi connectivity index (χ1n) is 8.16. The standard InChI is InChI=1S/C18H20N2O5S/c1-24-18(21)14-7-8-15(19-11-14)12-20(26(22)23)16-9-10-25-17(16)13-5-3-2-4-6-13/h2-8,11,16-17H,9-10,12H2,1H3,(H,22,23)/p-1. The second kappa shape index (κ2) is 8.50. The van der Waals surface area contributed by atoms with E-state index in [0.717, 1.165) is 5.56 Å². The van der Waals surface area contributed by atoms with Crippen LogP contribution in [0.4, 0.5) is 0 Å². The highest BCUT2D eigenvalue weighted by atomic mass is 32.2. The Labute approximate surface area is 154 Å². The van der Waals surface area contributed by atoms with Gasteiger partial charge in [-0.25, -0.2) is 9.10 Å². The number of nitrogens with zero attached hydrogens (tertiary/aromatic N) is 2. The van der Waals surface area contributed by atoms with Crippen LogP contribution in [-0.4, -0.2) is 43.8 Å². The van der Waals surface area contributed by atoms with Crippen molar-refractivity contribution in [1.29, 1.82) is 0 Å². The maximum Gasteiger partial charge on any atom is 0.339 e. The summed E-state index contributed by atoms with van der Waals surface area (Å²) < 4.78 is 35.5. The molecule has 7 nitrogen and oxygen atoms in total. The van der Waals surface area contributed by atoms with Crippen LogP contribution in [0.25, 0.3) is 0 Å². The van der Waals surface area contributed by atoms with Crippen LogP contribution >= 0.6 is 0 Å². The van der Waals surface area contributed by atoms with Gasteiger partial charge in [0.2, 0.25) is 0 Å². The van der Waals surface area contributed by atoms with E-state index in [9.17, 15) is 13.6 Å². The quantitative estimate of drug-likeness (QED) is 0.566. The molecular weight excluding hydrogens is 356 g/mol. The summed E-state index contributed by atoms with van der Waals surface area (Å²) in [6.45, 7) is 0.599. The van der Waals surface area contributed by atoms with E-state index in [4.69, 9.17) is 4.74 Å². The fourth-order valence-corrected chi connectivity index (χ4v) is 3.71. The molecule has 1 fully saturated rings. The van der Waals surface area contributed by atoms with Crippen molar-refractivity contribution < 1.29 is 23.0 Å². The number of benzene rings is 1. The molecule has 0 N–H and O–H groups in total. The lowest BCUT2D eigenvalue weighted by molar-refractivity contribution is 0.0600. The Hall–Kier alpha value is -2.13. The van der Waals surface area contributed by atoms with Crippen LogP contribution in [0.2, 0.25) is 0 Å². The number of carbonyl (C=O) groups is 1. The monoisotopic (exact) mass is 375 g/mol. The summed E-state index contributed by atoms with van der Waals surface area (Å²) in [4.78, 5) is 15.7. The molecule has 1 aromatic carbocycles. The Morgan fingerprint density at radius 1 is 1.35 bits per heavy atom. The van der Waals surface area contributed by atoms with Gasteiger partial charge in [-0.05, 0) is 24.1 Å². The van der Waals surface area contributed by atoms with Gasteiger partial charge >= 0.3 is 5.97 Å². The second-order valence-corrected chi connectivity index (χ2v) is 6.78. The number of ether oxygens (including phenoxy) is 2. The molecule has 1 aliphatic heterocycles. The van der Waals surface area contributed by atoms with Crippen LogP contribution < -0.4 is 0 Å². The zero-order chi connectivity index (χ0) is 18.5. The number of esters is 1. The molecule has 3 atom stereocenters. The highest BCUT2D eigenvalue weighted by Crippen LogP contribution is 2.34. The first kappa shape index (κ1) is 18.7. The number of carbonyl (C=O) groups excluding carboxylic acids is 1. The number of aromatic nitrogens is 1. The average molecular weight is 375 g/mol. The van der Waals surface area contributed by atoms with Gasteiger partial charge in [0.1, 0.15) is 0 Å². The summed E-state index contributed by atoms with van der Waals surface area (Å²) in [5.74, 6) is -0.485. The second-order valence-electron chi connectivity index (χ2n) is 5.88. The third kappa shape index (κ3) is 4.16. The molecule has 0 amide bonds. The molecule has 1 aliphatic rings. The van der Waals surface area contributed by atoms with E-state index < -0.39 is 17.2 Å². The SMILES string of the molecule is COC(=O)c1ccc(CN(C2CCOC2c2ccccc2)S(=O)[O-])nc1. The summed E-state index contributed by atoms with van der Waals surface area (Å²) in [5, 5.41) is 0. The molecular formula is C18H19N2O5S-. The largest absolute Gasteiger partial charge is 0.760 e. The van der Waals surface area contributed by atoms with Crippen molar-refractivity contribution in [2.45, 2.75) is 25.1 Å². The maximum absolute atomic E-state index is 11.9. The molecule has 26 heavy (non-hydrogen) atoms. The topological polar surface area (TPSA) is 91.8 Å². The number of methoxy groups -OCH3 is 1. The highest BCUT2D eigenvalue weighted by Gasteiger charge is 2.35. The molecule has 0 spiro atoms. The molecule has 0 radical (unpaired) electrons. The van der Waals surface area contributed by atoms with Gasteiger partial charge in [0.05, 0.1) is 37.1 Å². The molecule has 3 rings (SSSR count).